The Kier molecular flexibility index (Phi) is 7.65. The molecular formula is C22H30N2O2. The number of hydrogen-bond acceptors (Lipinski definition) is 4. The van der Waals surface area contributed by atoms with E-state index in [4.69, 9.17) is 9.84 Å². The largest absolute Gasteiger partial charge is 0.394 e. The SMILES string of the molecule is OCCOCCN1CCN(CC(c2ccccc2)c2ccccc2)CC1. The zero-order valence-corrected chi connectivity index (χ0v) is 15.5. The van der Waals surface area contributed by atoms with Crippen LogP contribution in [0.15, 0.2) is 60.7 Å². The third-order valence-corrected chi connectivity index (χ3v) is 5.10. The van der Waals surface area contributed by atoms with E-state index in [-0.39, 0.29) is 6.61 Å². The summed E-state index contributed by atoms with van der Waals surface area (Å²) in [5.41, 5.74) is 2.78. The van der Waals surface area contributed by atoms with Gasteiger partial charge in [-0.1, -0.05) is 60.7 Å². The molecule has 1 aliphatic rings. The molecule has 4 nitrogen and oxygen atoms in total. The minimum Gasteiger partial charge on any atom is -0.394 e. The molecule has 1 saturated heterocycles. The second kappa shape index (κ2) is 10.4. The number of piperazine rings is 1. The van der Waals surface area contributed by atoms with Gasteiger partial charge >= 0.3 is 0 Å². The van der Waals surface area contributed by atoms with Crippen LogP contribution in [0.3, 0.4) is 0 Å². The molecule has 0 unspecified atom stereocenters. The smallest absolute Gasteiger partial charge is 0.0698 e. The lowest BCUT2D eigenvalue weighted by atomic mass is 9.90. The molecule has 0 radical (unpaired) electrons. The minimum absolute atomic E-state index is 0.105. The first-order chi connectivity index (χ1) is 12.9. The molecule has 1 fully saturated rings. The number of aliphatic hydroxyl groups is 1. The van der Waals surface area contributed by atoms with Crippen molar-refractivity contribution in [1.82, 2.24) is 9.80 Å². The first kappa shape index (κ1) is 19.1. The molecule has 1 aliphatic heterocycles. The normalized spacial score (nSPS) is 16.2. The topological polar surface area (TPSA) is 35.9 Å². The maximum absolute atomic E-state index is 8.76. The van der Waals surface area contributed by atoms with Crippen molar-refractivity contribution >= 4 is 0 Å². The Balaban J connectivity index is 1.56. The van der Waals surface area contributed by atoms with E-state index >= 15 is 0 Å². The summed E-state index contributed by atoms with van der Waals surface area (Å²) in [5.74, 6) is 0.414. The molecule has 1 N–H and O–H groups in total. The van der Waals surface area contributed by atoms with Crippen molar-refractivity contribution in [2.45, 2.75) is 5.92 Å². The molecule has 0 bridgehead atoms. The summed E-state index contributed by atoms with van der Waals surface area (Å²) in [4.78, 5) is 5.03. The molecule has 4 heteroatoms. The first-order valence-electron chi connectivity index (χ1n) is 9.60. The van der Waals surface area contributed by atoms with Crippen LogP contribution in [0.25, 0.3) is 0 Å². The maximum Gasteiger partial charge on any atom is 0.0698 e. The Morgan fingerprint density at radius 1 is 0.769 bits per heavy atom. The van der Waals surface area contributed by atoms with Gasteiger partial charge in [-0.2, -0.15) is 0 Å². The number of ether oxygens (including phenoxy) is 1. The molecular weight excluding hydrogens is 324 g/mol. The lowest BCUT2D eigenvalue weighted by molar-refractivity contribution is 0.0571. The van der Waals surface area contributed by atoms with Crippen molar-refractivity contribution in [3.63, 3.8) is 0 Å². The third-order valence-electron chi connectivity index (χ3n) is 5.10. The molecule has 1 heterocycles. The summed E-state index contributed by atoms with van der Waals surface area (Å²) in [6.07, 6.45) is 0. The Labute approximate surface area is 157 Å². The van der Waals surface area contributed by atoms with Crippen LogP contribution in [0.4, 0.5) is 0 Å². The highest BCUT2D eigenvalue weighted by atomic mass is 16.5. The highest BCUT2D eigenvalue weighted by molar-refractivity contribution is 5.32. The minimum atomic E-state index is 0.105. The van der Waals surface area contributed by atoms with Crippen LogP contribution in [0.5, 0.6) is 0 Å². The van der Waals surface area contributed by atoms with Crippen LogP contribution < -0.4 is 0 Å². The number of benzene rings is 2. The maximum atomic E-state index is 8.76. The van der Waals surface area contributed by atoms with Crippen molar-refractivity contribution in [1.29, 1.82) is 0 Å². The van der Waals surface area contributed by atoms with E-state index in [9.17, 15) is 0 Å². The summed E-state index contributed by atoms with van der Waals surface area (Å²) < 4.78 is 5.39. The van der Waals surface area contributed by atoms with Gasteiger partial charge in [0.1, 0.15) is 0 Å². The van der Waals surface area contributed by atoms with E-state index in [1.807, 2.05) is 0 Å². The molecule has 0 aliphatic carbocycles. The third kappa shape index (κ3) is 5.64. The van der Waals surface area contributed by atoms with E-state index in [0.29, 0.717) is 19.1 Å². The van der Waals surface area contributed by atoms with Gasteiger partial charge in [0, 0.05) is 45.2 Å². The van der Waals surface area contributed by atoms with Crippen molar-refractivity contribution in [2.24, 2.45) is 0 Å². The van der Waals surface area contributed by atoms with Crippen LogP contribution in [0.2, 0.25) is 0 Å². The Bertz CT molecular complexity index is 573. The summed E-state index contributed by atoms with van der Waals surface area (Å²) in [6, 6.07) is 21.7. The summed E-state index contributed by atoms with van der Waals surface area (Å²) >= 11 is 0. The Hall–Kier alpha value is -1.72. The highest BCUT2D eigenvalue weighted by Crippen LogP contribution is 2.26. The molecule has 0 saturated carbocycles. The van der Waals surface area contributed by atoms with Crippen molar-refractivity contribution in [3.05, 3.63) is 71.8 Å². The Morgan fingerprint density at radius 2 is 1.31 bits per heavy atom. The fourth-order valence-electron chi connectivity index (χ4n) is 3.59. The van der Waals surface area contributed by atoms with E-state index in [0.717, 1.165) is 39.3 Å². The lowest BCUT2D eigenvalue weighted by Crippen LogP contribution is -2.48. The molecule has 2 aromatic rings. The fourth-order valence-corrected chi connectivity index (χ4v) is 3.59. The second-order valence-electron chi connectivity index (χ2n) is 6.85. The highest BCUT2D eigenvalue weighted by Gasteiger charge is 2.22. The summed E-state index contributed by atoms with van der Waals surface area (Å²) in [6.45, 7) is 7.61. The van der Waals surface area contributed by atoms with Gasteiger partial charge < -0.3 is 9.84 Å². The molecule has 0 aromatic heterocycles. The van der Waals surface area contributed by atoms with E-state index < -0.39 is 0 Å². The molecule has 0 atom stereocenters. The lowest BCUT2D eigenvalue weighted by Gasteiger charge is -2.36. The number of rotatable bonds is 9. The quantitative estimate of drug-likeness (QED) is 0.702. The van der Waals surface area contributed by atoms with Gasteiger partial charge in [-0.25, -0.2) is 0 Å². The summed E-state index contributed by atoms with van der Waals surface area (Å²) in [5, 5.41) is 8.76. The van der Waals surface area contributed by atoms with Crippen molar-refractivity contribution in [2.75, 3.05) is 59.1 Å². The van der Waals surface area contributed by atoms with Crippen LogP contribution in [0.1, 0.15) is 17.0 Å². The monoisotopic (exact) mass is 354 g/mol. The zero-order chi connectivity index (χ0) is 18.0. The van der Waals surface area contributed by atoms with Gasteiger partial charge in [0.15, 0.2) is 0 Å². The van der Waals surface area contributed by atoms with E-state index in [1.165, 1.54) is 11.1 Å². The Morgan fingerprint density at radius 3 is 1.85 bits per heavy atom. The van der Waals surface area contributed by atoms with Gasteiger partial charge in [0.05, 0.1) is 19.8 Å². The van der Waals surface area contributed by atoms with Crippen LogP contribution in [-0.2, 0) is 4.74 Å². The average Bonchev–Trinajstić information content (AvgIpc) is 2.72. The molecule has 0 amide bonds. The van der Waals surface area contributed by atoms with E-state index in [2.05, 4.69) is 70.5 Å². The molecule has 26 heavy (non-hydrogen) atoms. The molecule has 3 rings (SSSR count). The predicted molar refractivity (Wildman–Crippen MR) is 106 cm³/mol. The van der Waals surface area contributed by atoms with Crippen LogP contribution in [-0.4, -0.2) is 74.0 Å². The van der Waals surface area contributed by atoms with Gasteiger partial charge in [-0.05, 0) is 11.1 Å². The van der Waals surface area contributed by atoms with Gasteiger partial charge in [-0.3, -0.25) is 9.80 Å². The number of aliphatic hydroxyl groups excluding tert-OH is 1. The predicted octanol–water partition coefficient (Wildman–Crippen LogP) is 2.45. The van der Waals surface area contributed by atoms with Gasteiger partial charge in [-0.15, -0.1) is 0 Å². The first-order valence-corrected chi connectivity index (χ1v) is 9.60. The fraction of sp³-hybridized carbons (Fsp3) is 0.455. The van der Waals surface area contributed by atoms with Gasteiger partial charge in [0.25, 0.3) is 0 Å². The second-order valence-corrected chi connectivity index (χ2v) is 6.85. The standard InChI is InChI=1S/C22H30N2O2/c25-16-18-26-17-15-23-11-13-24(14-12-23)19-22(20-7-3-1-4-8-20)21-9-5-2-6-10-21/h1-10,22,25H,11-19H2. The number of nitrogens with zero attached hydrogens (tertiary/aromatic N) is 2. The molecule has 140 valence electrons. The summed E-state index contributed by atoms with van der Waals surface area (Å²) in [7, 11) is 0. The molecule has 2 aromatic carbocycles. The average molecular weight is 354 g/mol. The van der Waals surface area contributed by atoms with Crippen molar-refractivity contribution in [3.8, 4) is 0 Å². The number of hydrogen-bond donors (Lipinski definition) is 1. The van der Waals surface area contributed by atoms with E-state index in [1.54, 1.807) is 0 Å². The van der Waals surface area contributed by atoms with Crippen molar-refractivity contribution < 1.29 is 9.84 Å². The molecule has 0 spiro atoms. The van der Waals surface area contributed by atoms with Crippen LogP contribution >= 0.6 is 0 Å². The zero-order valence-electron chi connectivity index (χ0n) is 15.5. The van der Waals surface area contributed by atoms with Crippen LogP contribution in [0, 0.1) is 0 Å². The van der Waals surface area contributed by atoms with Gasteiger partial charge in [0.2, 0.25) is 0 Å².